The number of carbonyl (C=O) groups is 1. The highest BCUT2D eigenvalue weighted by Crippen LogP contribution is 2.34. The van der Waals surface area contributed by atoms with E-state index < -0.39 is 0 Å². The number of fused-ring (bicyclic) bond motifs is 1. The lowest BCUT2D eigenvalue weighted by Gasteiger charge is -2.26. The average molecular weight is 472 g/mol. The standard InChI is InChI=1S/C22H22BrN3O4/c1-2-28-16-6-3-14(4-7-16)22-25-21(30-26-22)10-9-20(27)24-18-11-12-29-19-8-5-15(23)13-17(18)19/h3-8,13,18H,2,9-12H2,1H3,(H,24,27). The van der Waals surface area contributed by atoms with Crippen LogP contribution in [0.2, 0.25) is 0 Å². The molecule has 3 aromatic rings. The van der Waals surface area contributed by atoms with Gasteiger partial charge < -0.3 is 19.3 Å². The van der Waals surface area contributed by atoms with E-state index in [2.05, 4.69) is 31.4 Å². The number of ether oxygens (including phenoxy) is 2. The molecule has 1 amide bonds. The third-order valence-electron chi connectivity index (χ3n) is 4.80. The second-order valence-electron chi connectivity index (χ2n) is 6.91. The van der Waals surface area contributed by atoms with E-state index in [0.29, 0.717) is 31.3 Å². The number of aryl methyl sites for hydroxylation is 1. The smallest absolute Gasteiger partial charge is 0.227 e. The van der Waals surface area contributed by atoms with Crippen molar-refractivity contribution in [1.82, 2.24) is 15.5 Å². The molecule has 2 heterocycles. The van der Waals surface area contributed by atoms with Crippen LogP contribution in [0.25, 0.3) is 11.4 Å². The molecule has 1 aromatic heterocycles. The van der Waals surface area contributed by atoms with Gasteiger partial charge in [0.15, 0.2) is 0 Å². The highest BCUT2D eigenvalue weighted by atomic mass is 79.9. The van der Waals surface area contributed by atoms with E-state index in [-0.39, 0.29) is 18.4 Å². The Morgan fingerprint density at radius 1 is 1.27 bits per heavy atom. The zero-order chi connectivity index (χ0) is 20.9. The first-order chi connectivity index (χ1) is 14.6. The van der Waals surface area contributed by atoms with Crippen LogP contribution in [-0.2, 0) is 11.2 Å². The monoisotopic (exact) mass is 471 g/mol. The molecule has 1 atom stereocenters. The van der Waals surface area contributed by atoms with Crippen LogP contribution in [-0.4, -0.2) is 29.3 Å². The Balaban J connectivity index is 1.34. The van der Waals surface area contributed by atoms with Gasteiger partial charge in [0.1, 0.15) is 11.5 Å². The van der Waals surface area contributed by atoms with Gasteiger partial charge >= 0.3 is 0 Å². The molecule has 1 N–H and O–H groups in total. The van der Waals surface area contributed by atoms with Crippen molar-refractivity contribution in [2.24, 2.45) is 0 Å². The van der Waals surface area contributed by atoms with Crippen molar-refractivity contribution < 1.29 is 18.8 Å². The number of benzene rings is 2. The summed E-state index contributed by atoms with van der Waals surface area (Å²) in [5, 5.41) is 7.10. The molecular weight excluding hydrogens is 450 g/mol. The summed E-state index contributed by atoms with van der Waals surface area (Å²) >= 11 is 3.48. The van der Waals surface area contributed by atoms with Crippen molar-refractivity contribution in [1.29, 1.82) is 0 Å². The maximum Gasteiger partial charge on any atom is 0.227 e. The molecule has 156 valence electrons. The molecule has 1 aliphatic heterocycles. The fraction of sp³-hybridized carbons (Fsp3) is 0.318. The van der Waals surface area contributed by atoms with Gasteiger partial charge in [-0.3, -0.25) is 4.79 Å². The Hall–Kier alpha value is -2.87. The SMILES string of the molecule is CCOc1ccc(-c2noc(CCC(=O)NC3CCOc4ccc(Br)cc43)n2)cc1. The lowest BCUT2D eigenvalue weighted by atomic mass is 10.0. The highest BCUT2D eigenvalue weighted by molar-refractivity contribution is 9.10. The van der Waals surface area contributed by atoms with Crippen molar-refractivity contribution in [3.05, 3.63) is 58.4 Å². The number of nitrogens with zero attached hydrogens (tertiary/aromatic N) is 2. The number of aromatic nitrogens is 2. The van der Waals surface area contributed by atoms with Crippen molar-refractivity contribution in [3.63, 3.8) is 0 Å². The van der Waals surface area contributed by atoms with Crippen LogP contribution in [0.4, 0.5) is 0 Å². The summed E-state index contributed by atoms with van der Waals surface area (Å²) in [5.41, 5.74) is 1.82. The topological polar surface area (TPSA) is 86.5 Å². The summed E-state index contributed by atoms with van der Waals surface area (Å²) in [5.74, 6) is 2.48. The van der Waals surface area contributed by atoms with E-state index in [1.165, 1.54) is 0 Å². The van der Waals surface area contributed by atoms with E-state index in [1.807, 2.05) is 49.4 Å². The number of carbonyl (C=O) groups excluding carboxylic acids is 1. The molecule has 8 heteroatoms. The molecule has 0 spiro atoms. The molecule has 2 aromatic carbocycles. The van der Waals surface area contributed by atoms with Gasteiger partial charge in [-0.1, -0.05) is 21.1 Å². The van der Waals surface area contributed by atoms with Gasteiger partial charge in [-0.15, -0.1) is 0 Å². The van der Waals surface area contributed by atoms with Crippen molar-refractivity contribution >= 4 is 21.8 Å². The summed E-state index contributed by atoms with van der Waals surface area (Å²) < 4.78 is 17.4. The molecule has 0 fully saturated rings. The first kappa shape index (κ1) is 20.4. The largest absolute Gasteiger partial charge is 0.494 e. The lowest BCUT2D eigenvalue weighted by Crippen LogP contribution is -2.32. The van der Waals surface area contributed by atoms with Crippen LogP contribution < -0.4 is 14.8 Å². The number of rotatable bonds is 7. The fourth-order valence-electron chi connectivity index (χ4n) is 3.34. The second kappa shape index (κ2) is 9.30. The summed E-state index contributed by atoms with van der Waals surface area (Å²) in [6, 6.07) is 13.3. The van der Waals surface area contributed by atoms with Crippen molar-refractivity contribution in [3.8, 4) is 22.9 Å². The van der Waals surface area contributed by atoms with Crippen LogP contribution in [0.15, 0.2) is 51.5 Å². The molecule has 7 nitrogen and oxygen atoms in total. The maximum absolute atomic E-state index is 12.5. The number of amides is 1. The lowest BCUT2D eigenvalue weighted by molar-refractivity contribution is -0.122. The van der Waals surface area contributed by atoms with Crippen LogP contribution >= 0.6 is 15.9 Å². The normalized spacial score (nSPS) is 15.2. The Bertz CT molecular complexity index is 1020. The zero-order valence-corrected chi connectivity index (χ0v) is 18.1. The van der Waals surface area contributed by atoms with E-state index in [1.54, 1.807) is 0 Å². The average Bonchev–Trinajstić information content (AvgIpc) is 3.23. The van der Waals surface area contributed by atoms with Crippen molar-refractivity contribution in [2.45, 2.75) is 32.2 Å². The second-order valence-corrected chi connectivity index (χ2v) is 7.82. The predicted octanol–water partition coefficient (Wildman–Crippen LogP) is 4.47. The van der Waals surface area contributed by atoms with Gasteiger partial charge in [-0.05, 0) is 49.4 Å². The fourth-order valence-corrected chi connectivity index (χ4v) is 3.72. The van der Waals surface area contributed by atoms with E-state index in [9.17, 15) is 4.79 Å². The number of nitrogens with one attached hydrogen (secondary N) is 1. The maximum atomic E-state index is 12.5. The van der Waals surface area contributed by atoms with Crippen LogP contribution in [0.3, 0.4) is 0 Å². The van der Waals surface area contributed by atoms with Gasteiger partial charge in [-0.2, -0.15) is 4.98 Å². The van der Waals surface area contributed by atoms with Crippen LogP contribution in [0.1, 0.15) is 37.3 Å². The molecule has 0 saturated carbocycles. The molecule has 0 saturated heterocycles. The Kier molecular flexibility index (Phi) is 6.32. The van der Waals surface area contributed by atoms with Gasteiger partial charge in [0.2, 0.25) is 17.6 Å². The van der Waals surface area contributed by atoms with E-state index >= 15 is 0 Å². The molecule has 0 bridgehead atoms. The zero-order valence-electron chi connectivity index (χ0n) is 16.6. The molecule has 30 heavy (non-hydrogen) atoms. The number of hydrogen-bond donors (Lipinski definition) is 1. The predicted molar refractivity (Wildman–Crippen MR) is 114 cm³/mol. The summed E-state index contributed by atoms with van der Waals surface area (Å²) in [4.78, 5) is 16.9. The third-order valence-corrected chi connectivity index (χ3v) is 5.30. The van der Waals surface area contributed by atoms with Gasteiger partial charge in [0.05, 0.1) is 19.3 Å². The Morgan fingerprint density at radius 2 is 2.10 bits per heavy atom. The highest BCUT2D eigenvalue weighted by Gasteiger charge is 2.23. The molecule has 4 rings (SSSR count). The summed E-state index contributed by atoms with van der Waals surface area (Å²) in [6.45, 7) is 3.13. The summed E-state index contributed by atoms with van der Waals surface area (Å²) in [6.07, 6.45) is 1.38. The molecule has 1 aliphatic rings. The Morgan fingerprint density at radius 3 is 2.90 bits per heavy atom. The number of hydrogen-bond acceptors (Lipinski definition) is 6. The minimum absolute atomic E-state index is 0.0614. The van der Waals surface area contributed by atoms with Gasteiger partial charge in [0, 0.05) is 34.9 Å². The number of halogens is 1. The minimum atomic E-state index is -0.0687. The van der Waals surface area contributed by atoms with E-state index in [4.69, 9.17) is 14.0 Å². The third kappa shape index (κ3) is 4.81. The molecular formula is C22H22BrN3O4. The molecule has 0 aliphatic carbocycles. The Labute approximate surface area is 182 Å². The first-order valence-electron chi connectivity index (χ1n) is 9.90. The van der Waals surface area contributed by atoms with Gasteiger partial charge in [0.25, 0.3) is 0 Å². The molecule has 0 radical (unpaired) electrons. The van der Waals surface area contributed by atoms with Gasteiger partial charge in [-0.25, -0.2) is 0 Å². The summed E-state index contributed by atoms with van der Waals surface area (Å²) in [7, 11) is 0. The van der Waals surface area contributed by atoms with Crippen LogP contribution in [0, 0.1) is 0 Å². The van der Waals surface area contributed by atoms with E-state index in [0.717, 1.165) is 33.5 Å². The minimum Gasteiger partial charge on any atom is -0.494 e. The van der Waals surface area contributed by atoms with Crippen LogP contribution in [0.5, 0.6) is 11.5 Å². The quantitative estimate of drug-likeness (QED) is 0.546. The first-order valence-corrected chi connectivity index (χ1v) is 10.7. The molecule has 1 unspecified atom stereocenters. The van der Waals surface area contributed by atoms with Crippen molar-refractivity contribution in [2.75, 3.05) is 13.2 Å².